The van der Waals surface area contributed by atoms with E-state index in [1.165, 1.54) is 0 Å². The largest absolute Gasteiger partial charge is 0.376 e. The molecule has 0 saturated heterocycles. The van der Waals surface area contributed by atoms with Crippen molar-refractivity contribution in [3.05, 3.63) is 28.8 Å². The van der Waals surface area contributed by atoms with E-state index in [2.05, 4.69) is 10.6 Å². The number of rotatable bonds is 6. The summed E-state index contributed by atoms with van der Waals surface area (Å²) in [4.78, 5) is 13.5. The van der Waals surface area contributed by atoms with Gasteiger partial charge in [-0.2, -0.15) is 0 Å². The van der Waals surface area contributed by atoms with E-state index >= 15 is 0 Å². The highest BCUT2D eigenvalue weighted by molar-refractivity contribution is 6.31. The summed E-state index contributed by atoms with van der Waals surface area (Å²) in [5, 5.41) is 6.58. The number of hydrogen-bond donors (Lipinski definition) is 2. The van der Waals surface area contributed by atoms with E-state index in [9.17, 15) is 4.79 Å². The first kappa shape index (κ1) is 14.8. The molecule has 0 aliphatic heterocycles. The Balaban J connectivity index is 2.31. The van der Waals surface area contributed by atoms with Gasteiger partial charge in [-0.25, -0.2) is 0 Å². The number of nitrogens with zero attached hydrogens (tertiary/aromatic N) is 1. The number of nitrogens with one attached hydrogen (secondary N) is 2. The molecular weight excluding hydrogens is 250 g/mol. The minimum Gasteiger partial charge on any atom is -0.376 e. The third-order valence-electron chi connectivity index (χ3n) is 2.51. The van der Waals surface area contributed by atoms with Crippen LogP contribution in [0.4, 0.5) is 5.69 Å². The minimum absolute atomic E-state index is 0.0199. The van der Waals surface area contributed by atoms with Crippen molar-refractivity contribution in [3.63, 3.8) is 0 Å². The fourth-order valence-corrected chi connectivity index (χ4v) is 1.55. The lowest BCUT2D eigenvalue weighted by Crippen LogP contribution is -2.34. The Bertz CT molecular complexity index is 407. The number of benzene rings is 1. The molecule has 0 bridgehead atoms. The second kappa shape index (κ2) is 7.24. The summed E-state index contributed by atoms with van der Waals surface area (Å²) in [5.41, 5.74) is 1.88. The monoisotopic (exact) mass is 269 g/mol. The van der Waals surface area contributed by atoms with Crippen LogP contribution >= 0.6 is 11.6 Å². The van der Waals surface area contributed by atoms with Gasteiger partial charge < -0.3 is 15.5 Å². The second-order valence-electron chi connectivity index (χ2n) is 4.47. The van der Waals surface area contributed by atoms with Crippen LogP contribution in [0.1, 0.15) is 5.56 Å². The molecule has 0 atom stereocenters. The van der Waals surface area contributed by atoms with Crippen LogP contribution in [-0.4, -0.2) is 44.5 Å². The first-order valence-electron chi connectivity index (χ1n) is 5.90. The number of halogens is 1. The van der Waals surface area contributed by atoms with E-state index in [-0.39, 0.29) is 12.5 Å². The van der Waals surface area contributed by atoms with Crippen molar-refractivity contribution in [2.24, 2.45) is 0 Å². The van der Waals surface area contributed by atoms with Gasteiger partial charge in [0.15, 0.2) is 0 Å². The standard InChI is InChI=1S/C13H20ClN3O/c1-10-4-5-11(8-12(10)14)16-9-13(18)15-6-7-17(2)3/h4-5,8,16H,6-7,9H2,1-3H3,(H,15,18). The van der Waals surface area contributed by atoms with Gasteiger partial charge in [-0.1, -0.05) is 17.7 Å². The predicted octanol–water partition coefficient (Wildman–Crippen LogP) is 1.74. The molecular formula is C13H20ClN3O. The second-order valence-corrected chi connectivity index (χ2v) is 4.88. The van der Waals surface area contributed by atoms with Crippen LogP contribution in [0.15, 0.2) is 18.2 Å². The Morgan fingerprint density at radius 1 is 1.39 bits per heavy atom. The van der Waals surface area contributed by atoms with Crippen molar-refractivity contribution in [3.8, 4) is 0 Å². The average molecular weight is 270 g/mol. The molecule has 0 radical (unpaired) electrons. The summed E-state index contributed by atoms with van der Waals surface area (Å²) in [5.74, 6) is -0.0199. The van der Waals surface area contributed by atoms with Crippen LogP contribution in [0.2, 0.25) is 5.02 Å². The SMILES string of the molecule is Cc1ccc(NCC(=O)NCCN(C)C)cc1Cl. The lowest BCUT2D eigenvalue weighted by molar-refractivity contribution is -0.119. The van der Waals surface area contributed by atoms with Gasteiger partial charge in [-0.05, 0) is 38.7 Å². The van der Waals surface area contributed by atoms with Gasteiger partial charge in [0, 0.05) is 23.8 Å². The molecule has 0 fully saturated rings. The predicted molar refractivity (Wildman–Crippen MR) is 76.2 cm³/mol. The zero-order chi connectivity index (χ0) is 13.5. The van der Waals surface area contributed by atoms with Crippen LogP contribution < -0.4 is 10.6 Å². The van der Waals surface area contributed by atoms with Gasteiger partial charge in [0.2, 0.25) is 5.91 Å². The van der Waals surface area contributed by atoms with Gasteiger partial charge in [-0.15, -0.1) is 0 Å². The number of likely N-dealkylation sites (N-methyl/N-ethyl adjacent to an activating group) is 1. The Hall–Kier alpha value is -1.26. The average Bonchev–Trinajstić information content (AvgIpc) is 2.30. The molecule has 0 aromatic heterocycles. The maximum absolute atomic E-state index is 11.5. The zero-order valence-corrected chi connectivity index (χ0v) is 11.8. The molecule has 100 valence electrons. The van der Waals surface area contributed by atoms with Gasteiger partial charge in [0.1, 0.15) is 0 Å². The molecule has 0 aliphatic carbocycles. The Morgan fingerprint density at radius 3 is 2.72 bits per heavy atom. The Morgan fingerprint density at radius 2 is 2.11 bits per heavy atom. The van der Waals surface area contributed by atoms with Crippen molar-refractivity contribution in [2.45, 2.75) is 6.92 Å². The quantitative estimate of drug-likeness (QED) is 0.827. The normalized spacial score (nSPS) is 10.5. The Labute approximate surface area is 113 Å². The first-order valence-corrected chi connectivity index (χ1v) is 6.28. The molecule has 1 rings (SSSR count). The van der Waals surface area contributed by atoms with Crippen LogP contribution in [0, 0.1) is 6.92 Å². The first-order chi connectivity index (χ1) is 8.49. The lowest BCUT2D eigenvalue weighted by atomic mass is 10.2. The summed E-state index contributed by atoms with van der Waals surface area (Å²) >= 11 is 6.00. The smallest absolute Gasteiger partial charge is 0.239 e. The van der Waals surface area contributed by atoms with E-state index in [1.807, 2.05) is 44.1 Å². The van der Waals surface area contributed by atoms with E-state index in [0.717, 1.165) is 17.8 Å². The van der Waals surface area contributed by atoms with Crippen LogP contribution in [0.25, 0.3) is 0 Å². The molecule has 0 heterocycles. The highest BCUT2D eigenvalue weighted by Gasteiger charge is 2.02. The number of aryl methyl sites for hydroxylation is 1. The topological polar surface area (TPSA) is 44.4 Å². The fourth-order valence-electron chi connectivity index (χ4n) is 1.37. The maximum atomic E-state index is 11.5. The molecule has 4 nitrogen and oxygen atoms in total. The summed E-state index contributed by atoms with van der Waals surface area (Å²) in [7, 11) is 3.94. The van der Waals surface area contributed by atoms with Crippen molar-refractivity contribution in [1.82, 2.24) is 10.2 Å². The van der Waals surface area contributed by atoms with E-state index in [1.54, 1.807) is 0 Å². The number of amides is 1. The maximum Gasteiger partial charge on any atom is 0.239 e. The lowest BCUT2D eigenvalue weighted by Gasteiger charge is -2.11. The van der Waals surface area contributed by atoms with Crippen LogP contribution in [0.3, 0.4) is 0 Å². The molecule has 5 heteroatoms. The van der Waals surface area contributed by atoms with Crippen molar-refractivity contribution < 1.29 is 4.79 Å². The number of anilines is 1. The molecule has 2 N–H and O–H groups in total. The molecule has 0 unspecified atom stereocenters. The van der Waals surface area contributed by atoms with Crippen LogP contribution in [-0.2, 0) is 4.79 Å². The number of hydrogen-bond acceptors (Lipinski definition) is 3. The molecule has 0 aliphatic rings. The molecule has 1 aromatic rings. The zero-order valence-electron chi connectivity index (χ0n) is 11.1. The molecule has 1 aromatic carbocycles. The summed E-state index contributed by atoms with van der Waals surface area (Å²) < 4.78 is 0. The van der Waals surface area contributed by atoms with E-state index in [4.69, 9.17) is 11.6 Å². The van der Waals surface area contributed by atoms with Gasteiger partial charge in [-0.3, -0.25) is 4.79 Å². The highest BCUT2D eigenvalue weighted by Crippen LogP contribution is 2.19. The number of carbonyl (C=O) groups excluding carboxylic acids is 1. The van der Waals surface area contributed by atoms with E-state index in [0.29, 0.717) is 11.6 Å². The third-order valence-corrected chi connectivity index (χ3v) is 2.91. The highest BCUT2D eigenvalue weighted by atomic mass is 35.5. The summed E-state index contributed by atoms with van der Waals surface area (Å²) in [6, 6.07) is 5.66. The van der Waals surface area contributed by atoms with Crippen molar-refractivity contribution >= 4 is 23.2 Å². The van der Waals surface area contributed by atoms with Crippen molar-refractivity contribution in [1.29, 1.82) is 0 Å². The minimum atomic E-state index is -0.0199. The Kier molecular flexibility index (Phi) is 5.95. The van der Waals surface area contributed by atoms with Crippen LogP contribution in [0.5, 0.6) is 0 Å². The molecule has 0 spiro atoms. The summed E-state index contributed by atoms with van der Waals surface area (Å²) in [6.45, 7) is 3.69. The van der Waals surface area contributed by atoms with Gasteiger partial charge in [0.05, 0.1) is 6.54 Å². The molecule has 18 heavy (non-hydrogen) atoms. The summed E-state index contributed by atoms with van der Waals surface area (Å²) in [6.07, 6.45) is 0. The molecule has 0 saturated carbocycles. The van der Waals surface area contributed by atoms with Gasteiger partial charge in [0.25, 0.3) is 0 Å². The van der Waals surface area contributed by atoms with Crippen molar-refractivity contribution in [2.75, 3.05) is 39.0 Å². The fraction of sp³-hybridized carbons (Fsp3) is 0.462. The van der Waals surface area contributed by atoms with Gasteiger partial charge >= 0.3 is 0 Å². The number of carbonyl (C=O) groups is 1. The third kappa shape index (κ3) is 5.38. The molecule has 1 amide bonds. The van der Waals surface area contributed by atoms with E-state index < -0.39 is 0 Å².